The van der Waals surface area contributed by atoms with E-state index in [1.807, 2.05) is 67.6 Å². The number of rotatable bonds is 5. The summed E-state index contributed by atoms with van der Waals surface area (Å²) in [4.78, 5) is 24.9. The Kier molecular flexibility index (Phi) is 4.85. The van der Waals surface area contributed by atoms with Gasteiger partial charge in [0, 0.05) is 18.3 Å². The number of aryl methyl sites for hydroxylation is 1. The first-order valence-electron chi connectivity index (χ1n) is 10.6. The van der Waals surface area contributed by atoms with Crippen molar-refractivity contribution < 1.29 is 19.1 Å². The largest absolute Gasteiger partial charge is 0.454 e. The molecule has 1 saturated carbocycles. The van der Waals surface area contributed by atoms with Gasteiger partial charge in [0.2, 0.25) is 12.7 Å². The van der Waals surface area contributed by atoms with E-state index in [2.05, 4.69) is 10.6 Å². The summed E-state index contributed by atoms with van der Waals surface area (Å²) in [7, 11) is 1.62. The highest BCUT2D eigenvalue weighted by Gasteiger charge is 2.51. The van der Waals surface area contributed by atoms with Crippen LogP contribution in [0.25, 0.3) is 11.1 Å². The standard InChI is InChI=1S/C26H24N2O4/c1-16-13-20(8-9-21(16)17-3-5-18(6-4-17)24(29)27-2)28-25(30)26(11-12-26)19-7-10-22-23(14-19)32-15-31-22/h3-10,13-14H,11-12,15H2,1-2H3,(H,27,29)(H,28,30). The van der Waals surface area contributed by atoms with E-state index in [4.69, 9.17) is 9.47 Å². The number of hydrogen-bond donors (Lipinski definition) is 2. The molecule has 1 aliphatic heterocycles. The minimum atomic E-state index is -0.511. The van der Waals surface area contributed by atoms with Crippen LogP contribution >= 0.6 is 0 Å². The number of carbonyl (C=O) groups is 2. The van der Waals surface area contributed by atoms with Crippen molar-refractivity contribution in [2.24, 2.45) is 0 Å². The van der Waals surface area contributed by atoms with Gasteiger partial charge in [0.25, 0.3) is 5.91 Å². The first-order chi connectivity index (χ1) is 15.5. The van der Waals surface area contributed by atoms with Gasteiger partial charge in [-0.2, -0.15) is 0 Å². The first kappa shape index (κ1) is 20.1. The molecule has 162 valence electrons. The third kappa shape index (κ3) is 3.47. The van der Waals surface area contributed by atoms with Crippen LogP contribution in [0.5, 0.6) is 11.5 Å². The average Bonchev–Trinajstić information content (AvgIpc) is 3.49. The molecule has 0 saturated heterocycles. The molecule has 0 radical (unpaired) electrons. The highest BCUT2D eigenvalue weighted by molar-refractivity contribution is 6.01. The smallest absolute Gasteiger partial charge is 0.251 e. The van der Waals surface area contributed by atoms with E-state index in [1.165, 1.54) is 0 Å². The molecule has 5 rings (SSSR count). The summed E-state index contributed by atoms with van der Waals surface area (Å²) in [6.45, 7) is 2.24. The monoisotopic (exact) mass is 428 g/mol. The van der Waals surface area contributed by atoms with Gasteiger partial charge in [-0.3, -0.25) is 9.59 Å². The van der Waals surface area contributed by atoms with Crippen LogP contribution in [0, 0.1) is 6.92 Å². The van der Waals surface area contributed by atoms with Crippen molar-refractivity contribution >= 4 is 17.5 Å². The Morgan fingerprint density at radius 1 is 0.906 bits per heavy atom. The fourth-order valence-corrected chi connectivity index (χ4v) is 4.23. The predicted molar refractivity (Wildman–Crippen MR) is 122 cm³/mol. The molecule has 0 unspecified atom stereocenters. The van der Waals surface area contributed by atoms with Crippen molar-refractivity contribution in [3.8, 4) is 22.6 Å². The fourth-order valence-electron chi connectivity index (χ4n) is 4.23. The van der Waals surface area contributed by atoms with Crippen LogP contribution in [0.3, 0.4) is 0 Å². The molecule has 1 fully saturated rings. The van der Waals surface area contributed by atoms with Crippen LogP contribution in [0.4, 0.5) is 5.69 Å². The van der Waals surface area contributed by atoms with Crippen LogP contribution in [-0.2, 0) is 10.2 Å². The quantitative estimate of drug-likeness (QED) is 0.631. The SMILES string of the molecule is CNC(=O)c1ccc(-c2ccc(NC(=O)C3(c4ccc5c(c4)OCO5)CC3)cc2C)cc1. The van der Waals surface area contributed by atoms with E-state index in [9.17, 15) is 9.59 Å². The molecular weight excluding hydrogens is 404 g/mol. The lowest BCUT2D eigenvalue weighted by atomic mass is 9.94. The summed E-state index contributed by atoms with van der Waals surface area (Å²) < 4.78 is 10.9. The van der Waals surface area contributed by atoms with Crippen molar-refractivity contribution in [3.63, 3.8) is 0 Å². The second kappa shape index (κ2) is 7.71. The Bertz CT molecular complexity index is 1210. The van der Waals surface area contributed by atoms with E-state index in [0.717, 1.165) is 46.5 Å². The minimum absolute atomic E-state index is 0.00144. The number of anilines is 1. The van der Waals surface area contributed by atoms with Crippen LogP contribution in [0.2, 0.25) is 0 Å². The maximum Gasteiger partial charge on any atom is 0.251 e. The van der Waals surface area contributed by atoms with Crippen LogP contribution in [-0.4, -0.2) is 25.7 Å². The van der Waals surface area contributed by atoms with Crippen molar-refractivity contribution in [2.75, 3.05) is 19.2 Å². The van der Waals surface area contributed by atoms with Gasteiger partial charge >= 0.3 is 0 Å². The number of amides is 2. The molecule has 1 aliphatic carbocycles. The lowest BCUT2D eigenvalue weighted by Crippen LogP contribution is -2.27. The molecule has 3 aromatic rings. The summed E-state index contributed by atoms with van der Waals surface area (Å²) in [5.41, 5.74) is 4.97. The zero-order valence-electron chi connectivity index (χ0n) is 18.0. The van der Waals surface area contributed by atoms with Gasteiger partial charge in [0.05, 0.1) is 5.41 Å². The Labute approximate surface area is 186 Å². The average molecular weight is 428 g/mol. The molecule has 2 aliphatic rings. The predicted octanol–water partition coefficient (Wildman–Crippen LogP) is 4.42. The van der Waals surface area contributed by atoms with Crippen LogP contribution in [0.1, 0.15) is 34.3 Å². The molecule has 0 bridgehead atoms. The third-order valence-electron chi connectivity index (χ3n) is 6.28. The Morgan fingerprint density at radius 2 is 1.66 bits per heavy atom. The number of carbonyl (C=O) groups excluding carboxylic acids is 2. The van der Waals surface area contributed by atoms with Gasteiger partial charge in [-0.15, -0.1) is 0 Å². The zero-order chi connectivity index (χ0) is 22.3. The molecule has 6 nitrogen and oxygen atoms in total. The summed E-state index contributed by atoms with van der Waals surface area (Å²) in [6.07, 6.45) is 1.63. The highest BCUT2D eigenvalue weighted by Crippen LogP contribution is 2.51. The third-order valence-corrected chi connectivity index (χ3v) is 6.28. The Balaban J connectivity index is 1.33. The molecule has 3 aromatic carbocycles. The maximum absolute atomic E-state index is 13.2. The first-order valence-corrected chi connectivity index (χ1v) is 10.6. The van der Waals surface area contributed by atoms with Gasteiger partial charge in [0.1, 0.15) is 0 Å². The van der Waals surface area contributed by atoms with Gasteiger partial charge in [-0.25, -0.2) is 0 Å². The molecule has 6 heteroatoms. The van der Waals surface area contributed by atoms with E-state index in [-0.39, 0.29) is 18.6 Å². The molecular formula is C26H24N2O4. The summed E-state index contributed by atoms with van der Waals surface area (Å²) >= 11 is 0. The van der Waals surface area contributed by atoms with Crippen molar-refractivity contribution in [1.29, 1.82) is 0 Å². The fraction of sp³-hybridized carbons (Fsp3) is 0.231. The van der Waals surface area contributed by atoms with Crippen molar-refractivity contribution in [1.82, 2.24) is 5.32 Å². The summed E-state index contributed by atoms with van der Waals surface area (Å²) in [6, 6.07) is 19.1. The van der Waals surface area contributed by atoms with Gasteiger partial charge in [0.15, 0.2) is 11.5 Å². The van der Waals surface area contributed by atoms with Gasteiger partial charge in [-0.05, 0) is 78.4 Å². The van der Waals surface area contributed by atoms with Crippen LogP contribution < -0.4 is 20.1 Å². The number of hydrogen-bond acceptors (Lipinski definition) is 4. The molecule has 0 atom stereocenters. The molecule has 0 spiro atoms. The topological polar surface area (TPSA) is 76.7 Å². The number of nitrogens with one attached hydrogen (secondary N) is 2. The van der Waals surface area contributed by atoms with Crippen LogP contribution in [0.15, 0.2) is 60.7 Å². The molecule has 1 heterocycles. The van der Waals surface area contributed by atoms with Gasteiger partial charge in [-0.1, -0.05) is 24.3 Å². The molecule has 0 aromatic heterocycles. The Hall–Kier alpha value is -3.80. The highest BCUT2D eigenvalue weighted by atomic mass is 16.7. The maximum atomic E-state index is 13.2. The van der Waals surface area contributed by atoms with Crippen molar-refractivity contribution in [2.45, 2.75) is 25.2 Å². The second-order valence-corrected chi connectivity index (χ2v) is 8.29. The summed E-state index contributed by atoms with van der Waals surface area (Å²) in [5.74, 6) is 1.31. The molecule has 32 heavy (non-hydrogen) atoms. The number of fused-ring (bicyclic) bond motifs is 1. The molecule has 2 amide bonds. The van der Waals surface area contributed by atoms with E-state index in [0.29, 0.717) is 11.3 Å². The van der Waals surface area contributed by atoms with Gasteiger partial charge < -0.3 is 20.1 Å². The van der Waals surface area contributed by atoms with E-state index >= 15 is 0 Å². The van der Waals surface area contributed by atoms with E-state index in [1.54, 1.807) is 7.05 Å². The lowest BCUT2D eigenvalue weighted by Gasteiger charge is -2.17. The normalized spacial score (nSPS) is 15.2. The zero-order valence-corrected chi connectivity index (χ0v) is 18.0. The van der Waals surface area contributed by atoms with Crippen molar-refractivity contribution in [3.05, 3.63) is 77.4 Å². The summed E-state index contributed by atoms with van der Waals surface area (Å²) in [5, 5.41) is 5.72. The Morgan fingerprint density at radius 3 is 2.34 bits per heavy atom. The number of benzene rings is 3. The lowest BCUT2D eigenvalue weighted by molar-refractivity contribution is -0.118. The number of ether oxygens (including phenoxy) is 2. The second-order valence-electron chi connectivity index (χ2n) is 8.29. The molecule has 2 N–H and O–H groups in total. The van der Waals surface area contributed by atoms with E-state index < -0.39 is 5.41 Å². The minimum Gasteiger partial charge on any atom is -0.454 e.